The topological polar surface area (TPSA) is 67.4 Å². The number of hydrogen-bond donors (Lipinski definition) is 2. The molecular formula is C21H19BrN2O3. The molecule has 138 valence electrons. The summed E-state index contributed by atoms with van der Waals surface area (Å²) < 4.78 is 6.49. The summed E-state index contributed by atoms with van der Waals surface area (Å²) in [5, 5.41) is 7.63. The SMILES string of the molecule is CC(=O)Nc1cc(NC(=O)COc2ccc3ccccc3c2Br)ccc1C. The van der Waals surface area contributed by atoms with Gasteiger partial charge in [-0.05, 0) is 57.4 Å². The number of carbonyl (C=O) groups is 2. The second-order valence-corrected chi connectivity index (χ2v) is 6.94. The lowest BCUT2D eigenvalue weighted by molar-refractivity contribution is -0.118. The molecule has 0 heterocycles. The molecule has 0 aliphatic carbocycles. The van der Waals surface area contributed by atoms with Crippen LogP contribution in [-0.2, 0) is 9.59 Å². The van der Waals surface area contributed by atoms with E-state index in [0.29, 0.717) is 17.1 Å². The van der Waals surface area contributed by atoms with Gasteiger partial charge in [0.05, 0.1) is 4.47 Å². The van der Waals surface area contributed by atoms with Gasteiger partial charge in [-0.3, -0.25) is 9.59 Å². The molecule has 0 unspecified atom stereocenters. The fraction of sp³-hybridized carbons (Fsp3) is 0.143. The van der Waals surface area contributed by atoms with Crippen LogP contribution in [0, 0.1) is 6.92 Å². The van der Waals surface area contributed by atoms with Crippen LogP contribution in [0.3, 0.4) is 0 Å². The maximum absolute atomic E-state index is 12.2. The molecule has 0 radical (unpaired) electrons. The van der Waals surface area contributed by atoms with Crippen molar-refractivity contribution in [2.24, 2.45) is 0 Å². The van der Waals surface area contributed by atoms with E-state index in [1.165, 1.54) is 6.92 Å². The fourth-order valence-electron chi connectivity index (χ4n) is 2.69. The van der Waals surface area contributed by atoms with E-state index < -0.39 is 0 Å². The second-order valence-electron chi connectivity index (χ2n) is 6.15. The van der Waals surface area contributed by atoms with E-state index in [-0.39, 0.29) is 18.4 Å². The zero-order chi connectivity index (χ0) is 19.4. The molecule has 3 rings (SSSR count). The Morgan fingerprint density at radius 3 is 2.59 bits per heavy atom. The van der Waals surface area contributed by atoms with Gasteiger partial charge in [0.2, 0.25) is 5.91 Å². The number of carbonyl (C=O) groups excluding carboxylic acids is 2. The van der Waals surface area contributed by atoms with E-state index in [1.807, 2.05) is 49.4 Å². The quantitative estimate of drug-likeness (QED) is 0.610. The van der Waals surface area contributed by atoms with E-state index in [4.69, 9.17) is 4.74 Å². The summed E-state index contributed by atoms with van der Waals surface area (Å²) >= 11 is 3.54. The molecule has 3 aromatic rings. The molecule has 0 fully saturated rings. The Hall–Kier alpha value is -2.86. The summed E-state index contributed by atoms with van der Waals surface area (Å²) in [6, 6.07) is 17.1. The third kappa shape index (κ3) is 4.65. The summed E-state index contributed by atoms with van der Waals surface area (Å²) in [5.74, 6) is 0.158. The number of hydrogen-bond acceptors (Lipinski definition) is 3. The second kappa shape index (κ2) is 8.22. The average Bonchev–Trinajstić information content (AvgIpc) is 2.64. The molecule has 0 bridgehead atoms. The third-order valence-electron chi connectivity index (χ3n) is 4.02. The Morgan fingerprint density at radius 1 is 1.04 bits per heavy atom. The van der Waals surface area contributed by atoms with E-state index in [0.717, 1.165) is 20.8 Å². The summed E-state index contributed by atoms with van der Waals surface area (Å²) in [5.41, 5.74) is 2.17. The Kier molecular flexibility index (Phi) is 5.76. The zero-order valence-electron chi connectivity index (χ0n) is 15.0. The Morgan fingerprint density at radius 2 is 1.81 bits per heavy atom. The molecule has 2 N–H and O–H groups in total. The van der Waals surface area contributed by atoms with Crippen molar-refractivity contribution in [2.45, 2.75) is 13.8 Å². The van der Waals surface area contributed by atoms with Gasteiger partial charge in [-0.2, -0.15) is 0 Å². The summed E-state index contributed by atoms with van der Waals surface area (Å²) in [6.07, 6.45) is 0. The maximum Gasteiger partial charge on any atom is 0.262 e. The van der Waals surface area contributed by atoms with Gasteiger partial charge in [0, 0.05) is 18.3 Å². The van der Waals surface area contributed by atoms with Crippen LogP contribution in [0.2, 0.25) is 0 Å². The minimum absolute atomic E-state index is 0.125. The van der Waals surface area contributed by atoms with Gasteiger partial charge in [0.25, 0.3) is 5.91 Å². The highest BCUT2D eigenvalue weighted by Gasteiger charge is 2.10. The average molecular weight is 427 g/mol. The van der Waals surface area contributed by atoms with Gasteiger partial charge in [0.15, 0.2) is 6.61 Å². The van der Waals surface area contributed by atoms with E-state index in [2.05, 4.69) is 26.6 Å². The normalized spacial score (nSPS) is 10.5. The molecule has 0 saturated heterocycles. The van der Waals surface area contributed by atoms with Crippen molar-refractivity contribution in [3.05, 3.63) is 64.6 Å². The first kappa shape index (κ1) is 18.9. The van der Waals surface area contributed by atoms with Gasteiger partial charge in [-0.15, -0.1) is 0 Å². The van der Waals surface area contributed by atoms with Crippen LogP contribution in [-0.4, -0.2) is 18.4 Å². The number of anilines is 2. The lowest BCUT2D eigenvalue weighted by atomic mass is 10.1. The predicted octanol–water partition coefficient (Wildman–Crippen LogP) is 4.89. The maximum atomic E-state index is 12.2. The fourth-order valence-corrected chi connectivity index (χ4v) is 3.30. The van der Waals surface area contributed by atoms with Crippen molar-refractivity contribution < 1.29 is 14.3 Å². The van der Waals surface area contributed by atoms with E-state index >= 15 is 0 Å². The molecule has 5 nitrogen and oxygen atoms in total. The number of aryl methyl sites for hydroxylation is 1. The van der Waals surface area contributed by atoms with Crippen molar-refractivity contribution in [1.82, 2.24) is 0 Å². The van der Waals surface area contributed by atoms with Crippen LogP contribution in [0.15, 0.2) is 59.1 Å². The van der Waals surface area contributed by atoms with Crippen LogP contribution in [0.25, 0.3) is 10.8 Å². The monoisotopic (exact) mass is 426 g/mol. The Labute approximate surface area is 165 Å². The molecule has 27 heavy (non-hydrogen) atoms. The van der Waals surface area contributed by atoms with Crippen LogP contribution < -0.4 is 15.4 Å². The highest BCUT2D eigenvalue weighted by atomic mass is 79.9. The smallest absolute Gasteiger partial charge is 0.262 e. The molecule has 0 saturated carbocycles. The first-order valence-corrected chi connectivity index (χ1v) is 9.21. The molecule has 0 atom stereocenters. The van der Waals surface area contributed by atoms with Gasteiger partial charge >= 0.3 is 0 Å². The molecule has 6 heteroatoms. The van der Waals surface area contributed by atoms with Crippen molar-refractivity contribution in [1.29, 1.82) is 0 Å². The number of amides is 2. The van der Waals surface area contributed by atoms with Gasteiger partial charge in [0.1, 0.15) is 5.75 Å². The molecule has 0 aromatic heterocycles. The lowest BCUT2D eigenvalue weighted by Gasteiger charge is -2.12. The number of fused-ring (bicyclic) bond motifs is 1. The standard InChI is InChI=1S/C21H19BrN2O3/c1-13-7-9-16(11-18(13)23-14(2)25)24-20(26)12-27-19-10-8-15-5-3-4-6-17(15)21(19)22/h3-11H,12H2,1-2H3,(H,23,25)(H,24,26). The first-order valence-electron chi connectivity index (χ1n) is 8.42. The van der Waals surface area contributed by atoms with Crippen molar-refractivity contribution in [2.75, 3.05) is 17.2 Å². The lowest BCUT2D eigenvalue weighted by Crippen LogP contribution is -2.20. The number of ether oxygens (including phenoxy) is 1. The van der Waals surface area contributed by atoms with Crippen LogP contribution in [0.1, 0.15) is 12.5 Å². The third-order valence-corrected chi connectivity index (χ3v) is 4.84. The van der Waals surface area contributed by atoms with E-state index in [9.17, 15) is 9.59 Å². The molecule has 0 spiro atoms. The molecule has 3 aromatic carbocycles. The van der Waals surface area contributed by atoms with E-state index in [1.54, 1.807) is 12.1 Å². The molecule has 0 aliphatic rings. The van der Waals surface area contributed by atoms with Crippen LogP contribution in [0.5, 0.6) is 5.75 Å². The van der Waals surface area contributed by atoms with Gasteiger partial charge in [-0.25, -0.2) is 0 Å². The molecule has 0 aliphatic heterocycles. The van der Waals surface area contributed by atoms with Crippen LogP contribution >= 0.6 is 15.9 Å². The summed E-state index contributed by atoms with van der Waals surface area (Å²) in [4.78, 5) is 23.5. The zero-order valence-corrected chi connectivity index (χ0v) is 16.6. The summed E-state index contributed by atoms with van der Waals surface area (Å²) in [7, 11) is 0. The van der Waals surface area contributed by atoms with Crippen molar-refractivity contribution in [3.63, 3.8) is 0 Å². The summed E-state index contributed by atoms with van der Waals surface area (Å²) in [6.45, 7) is 3.21. The minimum atomic E-state index is -0.285. The number of halogens is 1. The molecule has 2 amide bonds. The number of nitrogens with one attached hydrogen (secondary N) is 2. The van der Waals surface area contributed by atoms with Gasteiger partial charge < -0.3 is 15.4 Å². The molecular weight excluding hydrogens is 408 g/mol. The van der Waals surface area contributed by atoms with Crippen LogP contribution in [0.4, 0.5) is 11.4 Å². The number of benzene rings is 3. The van der Waals surface area contributed by atoms with Crippen molar-refractivity contribution >= 4 is 49.9 Å². The highest BCUT2D eigenvalue weighted by Crippen LogP contribution is 2.33. The first-order chi connectivity index (χ1) is 12.9. The Balaban J connectivity index is 1.67. The predicted molar refractivity (Wildman–Crippen MR) is 111 cm³/mol. The number of rotatable bonds is 5. The highest BCUT2D eigenvalue weighted by molar-refractivity contribution is 9.10. The van der Waals surface area contributed by atoms with Crippen molar-refractivity contribution in [3.8, 4) is 5.75 Å². The minimum Gasteiger partial charge on any atom is -0.483 e. The Bertz CT molecular complexity index is 1020. The van der Waals surface area contributed by atoms with Gasteiger partial charge in [-0.1, -0.05) is 36.4 Å². The largest absolute Gasteiger partial charge is 0.483 e.